The van der Waals surface area contributed by atoms with Gasteiger partial charge in [-0.25, -0.2) is 4.79 Å². The van der Waals surface area contributed by atoms with E-state index in [0.717, 1.165) is 41.5 Å². The number of H-pyrrole nitrogens is 1. The van der Waals surface area contributed by atoms with Crippen LogP contribution in [0.5, 0.6) is 5.75 Å². The molecule has 0 unspecified atom stereocenters. The molecular formula is C23H24ClNO3. The lowest BCUT2D eigenvalue weighted by molar-refractivity contribution is -0.137. The van der Waals surface area contributed by atoms with Crippen LogP contribution in [0.2, 0.25) is 5.02 Å². The van der Waals surface area contributed by atoms with E-state index in [1.807, 2.05) is 48.7 Å². The molecule has 0 saturated heterocycles. The maximum atomic E-state index is 12.0. The number of fused-ring (bicyclic) bond motifs is 1. The fourth-order valence-electron chi connectivity index (χ4n) is 2.96. The highest BCUT2D eigenvalue weighted by Gasteiger charge is 2.05. The van der Waals surface area contributed by atoms with Crippen LogP contribution in [0.4, 0.5) is 0 Å². The zero-order valence-corrected chi connectivity index (χ0v) is 16.7. The average Bonchev–Trinajstić information content (AvgIpc) is 3.10. The van der Waals surface area contributed by atoms with E-state index in [9.17, 15) is 4.79 Å². The predicted molar refractivity (Wildman–Crippen MR) is 114 cm³/mol. The quantitative estimate of drug-likeness (QED) is 0.282. The van der Waals surface area contributed by atoms with Crippen LogP contribution >= 0.6 is 11.6 Å². The minimum absolute atomic E-state index is 0.354. The molecule has 3 aromatic rings. The number of aromatic nitrogens is 1. The lowest BCUT2D eigenvalue weighted by Gasteiger charge is -2.07. The van der Waals surface area contributed by atoms with Gasteiger partial charge in [-0.05, 0) is 55.2 Å². The predicted octanol–water partition coefficient (Wildman–Crippen LogP) is 5.80. The van der Waals surface area contributed by atoms with Crippen molar-refractivity contribution >= 4 is 34.5 Å². The number of esters is 1. The number of carbonyl (C=O) groups is 1. The number of ether oxygens (including phenoxy) is 2. The summed E-state index contributed by atoms with van der Waals surface area (Å²) in [7, 11) is 0. The molecule has 0 saturated carbocycles. The summed E-state index contributed by atoms with van der Waals surface area (Å²) in [6.07, 6.45) is 7.65. The van der Waals surface area contributed by atoms with Gasteiger partial charge in [-0.15, -0.1) is 0 Å². The number of rotatable bonds is 9. The highest BCUT2D eigenvalue weighted by molar-refractivity contribution is 6.31. The smallest absolute Gasteiger partial charge is 0.330 e. The minimum atomic E-state index is -0.354. The SMILES string of the molecule is CCCOc1ccccc1/C=C/C(=O)OCCCc1c[nH]c2ccc(Cl)cc12. The van der Waals surface area contributed by atoms with E-state index in [-0.39, 0.29) is 5.97 Å². The first-order valence-electron chi connectivity index (χ1n) is 9.49. The van der Waals surface area contributed by atoms with Crippen LogP contribution in [-0.4, -0.2) is 24.2 Å². The molecule has 0 atom stereocenters. The Labute approximate surface area is 170 Å². The molecule has 0 aliphatic rings. The molecule has 2 aromatic carbocycles. The second-order valence-corrected chi connectivity index (χ2v) is 6.93. The topological polar surface area (TPSA) is 51.3 Å². The molecule has 0 aliphatic carbocycles. The van der Waals surface area contributed by atoms with Gasteiger partial charge in [-0.2, -0.15) is 0 Å². The molecule has 0 amide bonds. The molecule has 28 heavy (non-hydrogen) atoms. The Hall–Kier alpha value is -2.72. The van der Waals surface area contributed by atoms with Gasteiger partial charge >= 0.3 is 5.97 Å². The summed E-state index contributed by atoms with van der Waals surface area (Å²) in [5.41, 5.74) is 3.10. The van der Waals surface area contributed by atoms with E-state index in [1.54, 1.807) is 6.08 Å². The molecule has 0 fully saturated rings. The van der Waals surface area contributed by atoms with Crippen molar-refractivity contribution in [3.05, 3.63) is 70.9 Å². The molecule has 1 aromatic heterocycles. The van der Waals surface area contributed by atoms with Crippen molar-refractivity contribution < 1.29 is 14.3 Å². The fourth-order valence-corrected chi connectivity index (χ4v) is 3.13. The van der Waals surface area contributed by atoms with Gasteiger partial charge in [-0.1, -0.05) is 36.7 Å². The van der Waals surface area contributed by atoms with Crippen LogP contribution in [0.25, 0.3) is 17.0 Å². The van der Waals surface area contributed by atoms with Crippen molar-refractivity contribution in [1.29, 1.82) is 0 Å². The average molecular weight is 398 g/mol. The number of benzene rings is 2. The van der Waals surface area contributed by atoms with Gasteiger partial charge in [-0.3, -0.25) is 0 Å². The van der Waals surface area contributed by atoms with Crippen molar-refractivity contribution in [3.63, 3.8) is 0 Å². The number of hydrogen-bond acceptors (Lipinski definition) is 3. The van der Waals surface area contributed by atoms with Gasteiger partial charge in [0.1, 0.15) is 5.75 Å². The lowest BCUT2D eigenvalue weighted by atomic mass is 10.1. The van der Waals surface area contributed by atoms with Gasteiger partial charge in [0, 0.05) is 33.8 Å². The monoisotopic (exact) mass is 397 g/mol. The van der Waals surface area contributed by atoms with Gasteiger partial charge < -0.3 is 14.5 Å². The first-order valence-corrected chi connectivity index (χ1v) is 9.87. The summed E-state index contributed by atoms with van der Waals surface area (Å²) in [5.74, 6) is 0.415. The van der Waals surface area contributed by atoms with Gasteiger partial charge in [0.25, 0.3) is 0 Å². The van der Waals surface area contributed by atoms with Crippen LogP contribution in [0.1, 0.15) is 30.9 Å². The third-order valence-corrected chi connectivity index (χ3v) is 4.58. The number of aromatic amines is 1. The van der Waals surface area contributed by atoms with Crippen molar-refractivity contribution in [2.75, 3.05) is 13.2 Å². The minimum Gasteiger partial charge on any atom is -0.493 e. The number of nitrogens with one attached hydrogen (secondary N) is 1. The van der Waals surface area contributed by atoms with Crippen molar-refractivity contribution in [2.45, 2.75) is 26.2 Å². The Bertz CT molecular complexity index is 961. The molecule has 4 nitrogen and oxygen atoms in total. The molecule has 0 spiro atoms. The van der Waals surface area contributed by atoms with E-state index >= 15 is 0 Å². The Balaban J connectivity index is 1.48. The Morgan fingerprint density at radius 2 is 2.04 bits per heavy atom. The van der Waals surface area contributed by atoms with E-state index in [2.05, 4.69) is 11.9 Å². The zero-order valence-electron chi connectivity index (χ0n) is 15.9. The number of aryl methyl sites for hydroxylation is 1. The molecule has 146 valence electrons. The third kappa shape index (κ3) is 5.40. The van der Waals surface area contributed by atoms with Crippen LogP contribution in [0, 0.1) is 0 Å². The third-order valence-electron chi connectivity index (χ3n) is 4.34. The second-order valence-electron chi connectivity index (χ2n) is 6.49. The normalized spacial score (nSPS) is 11.2. The second kappa shape index (κ2) is 10.00. The van der Waals surface area contributed by atoms with Crippen molar-refractivity contribution in [3.8, 4) is 5.75 Å². The molecule has 3 rings (SSSR count). The summed E-state index contributed by atoms with van der Waals surface area (Å²) in [5, 5.41) is 1.83. The molecule has 0 radical (unpaired) electrons. The van der Waals surface area contributed by atoms with Crippen LogP contribution in [-0.2, 0) is 16.0 Å². The number of halogens is 1. The zero-order chi connectivity index (χ0) is 19.8. The fraction of sp³-hybridized carbons (Fsp3) is 0.261. The molecule has 1 heterocycles. The van der Waals surface area contributed by atoms with Crippen LogP contribution in [0.15, 0.2) is 54.7 Å². The van der Waals surface area contributed by atoms with E-state index in [4.69, 9.17) is 21.1 Å². The van der Waals surface area contributed by atoms with E-state index < -0.39 is 0 Å². The summed E-state index contributed by atoms with van der Waals surface area (Å²) in [6, 6.07) is 13.4. The van der Waals surface area contributed by atoms with E-state index in [0.29, 0.717) is 18.2 Å². The van der Waals surface area contributed by atoms with Crippen molar-refractivity contribution in [2.24, 2.45) is 0 Å². The Morgan fingerprint density at radius 1 is 1.18 bits per heavy atom. The highest BCUT2D eigenvalue weighted by atomic mass is 35.5. The summed E-state index contributed by atoms with van der Waals surface area (Å²) >= 11 is 6.08. The maximum Gasteiger partial charge on any atom is 0.330 e. The number of para-hydroxylation sites is 1. The Kier molecular flexibility index (Phi) is 7.15. The lowest BCUT2D eigenvalue weighted by Crippen LogP contribution is -2.03. The van der Waals surface area contributed by atoms with Gasteiger partial charge in [0.05, 0.1) is 13.2 Å². The van der Waals surface area contributed by atoms with Gasteiger partial charge in [0.2, 0.25) is 0 Å². The number of hydrogen-bond donors (Lipinski definition) is 1. The Morgan fingerprint density at radius 3 is 2.89 bits per heavy atom. The first kappa shape index (κ1) is 20.0. The number of carbonyl (C=O) groups excluding carboxylic acids is 1. The summed E-state index contributed by atoms with van der Waals surface area (Å²) in [6.45, 7) is 3.07. The summed E-state index contributed by atoms with van der Waals surface area (Å²) in [4.78, 5) is 15.2. The molecular weight excluding hydrogens is 374 g/mol. The van der Waals surface area contributed by atoms with Gasteiger partial charge in [0.15, 0.2) is 0 Å². The first-order chi connectivity index (χ1) is 13.7. The molecule has 5 heteroatoms. The standard InChI is InChI=1S/C23H24ClNO3/c1-2-13-27-22-8-4-3-6-17(22)9-12-23(26)28-14-5-7-18-16-25-21-11-10-19(24)15-20(18)21/h3-4,6,8-12,15-16,25H,2,5,7,13-14H2,1H3/b12-9+. The van der Waals surface area contributed by atoms with Crippen LogP contribution in [0.3, 0.4) is 0 Å². The highest BCUT2D eigenvalue weighted by Crippen LogP contribution is 2.23. The van der Waals surface area contributed by atoms with Crippen molar-refractivity contribution in [1.82, 2.24) is 4.98 Å². The maximum absolute atomic E-state index is 12.0. The van der Waals surface area contributed by atoms with E-state index in [1.165, 1.54) is 11.6 Å². The molecule has 0 bridgehead atoms. The molecule has 0 aliphatic heterocycles. The molecule has 1 N–H and O–H groups in total. The largest absolute Gasteiger partial charge is 0.493 e. The summed E-state index contributed by atoms with van der Waals surface area (Å²) < 4.78 is 11.0. The van der Waals surface area contributed by atoms with Crippen LogP contribution < -0.4 is 4.74 Å².